The van der Waals surface area contributed by atoms with E-state index < -0.39 is 27.2 Å². The van der Waals surface area contributed by atoms with E-state index in [4.69, 9.17) is 10.5 Å². The predicted molar refractivity (Wildman–Crippen MR) is 81.0 cm³/mol. The van der Waals surface area contributed by atoms with Crippen LogP contribution in [0.4, 0.5) is 4.39 Å². The van der Waals surface area contributed by atoms with Crippen molar-refractivity contribution in [3.05, 3.63) is 28.5 Å². The van der Waals surface area contributed by atoms with Gasteiger partial charge >= 0.3 is 0 Å². The number of amides is 1. The van der Waals surface area contributed by atoms with Crippen LogP contribution in [-0.4, -0.2) is 34.1 Å². The van der Waals surface area contributed by atoms with E-state index in [1.54, 1.807) is 0 Å². The molecule has 0 unspecified atom stereocenters. The fraction of sp³-hybridized carbons (Fsp3) is 0.462. The molecule has 0 atom stereocenters. The summed E-state index contributed by atoms with van der Waals surface area (Å²) in [7, 11) is -3.89. The maximum Gasteiger partial charge on any atom is 0.241 e. The van der Waals surface area contributed by atoms with Crippen molar-refractivity contribution in [1.29, 1.82) is 0 Å². The summed E-state index contributed by atoms with van der Waals surface area (Å²) in [6.45, 7) is 0.591. The Morgan fingerprint density at radius 2 is 2.05 bits per heavy atom. The van der Waals surface area contributed by atoms with Gasteiger partial charge in [0.1, 0.15) is 5.82 Å². The standard InChI is InChI=1S/C13H16BrFN2O4S/c14-10-7-9(15)1-2-11(10)22(19,20)17-8-13(12(16)18)3-5-21-6-4-13/h1-2,7,17H,3-6,8H2,(H2,16,18). The van der Waals surface area contributed by atoms with E-state index in [-0.39, 0.29) is 15.9 Å². The summed E-state index contributed by atoms with van der Waals surface area (Å²) in [6.07, 6.45) is 0.713. The molecule has 6 nitrogen and oxygen atoms in total. The van der Waals surface area contributed by atoms with Gasteiger partial charge in [-0.1, -0.05) is 0 Å². The van der Waals surface area contributed by atoms with E-state index in [1.807, 2.05) is 0 Å². The normalized spacial score (nSPS) is 18.1. The van der Waals surface area contributed by atoms with Crippen molar-refractivity contribution in [1.82, 2.24) is 4.72 Å². The second-order valence-corrected chi connectivity index (χ2v) is 7.75. The second kappa shape index (κ2) is 6.61. The van der Waals surface area contributed by atoms with Crippen molar-refractivity contribution >= 4 is 31.9 Å². The number of halogens is 2. The van der Waals surface area contributed by atoms with Gasteiger partial charge in [0.2, 0.25) is 15.9 Å². The molecule has 1 amide bonds. The first-order valence-corrected chi connectivity index (χ1v) is 8.87. The number of primary amides is 1. The lowest BCUT2D eigenvalue weighted by atomic mass is 9.80. The average Bonchev–Trinajstić information content (AvgIpc) is 2.45. The number of carbonyl (C=O) groups excluding carboxylic acids is 1. The Balaban J connectivity index is 2.19. The van der Waals surface area contributed by atoms with Crippen LogP contribution in [0.3, 0.4) is 0 Å². The number of nitrogens with two attached hydrogens (primary N) is 1. The van der Waals surface area contributed by atoms with Crippen LogP contribution in [0.2, 0.25) is 0 Å². The van der Waals surface area contributed by atoms with Crippen LogP contribution in [0, 0.1) is 11.2 Å². The van der Waals surface area contributed by atoms with Crippen LogP contribution in [0.25, 0.3) is 0 Å². The molecule has 2 rings (SSSR count). The lowest BCUT2D eigenvalue weighted by molar-refractivity contribution is -0.132. The molecule has 22 heavy (non-hydrogen) atoms. The molecule has 0 bridgehead atoms. The largest absolute Gasteiger partial charge is 0.381 e. The molecule has 9 heteroatoms. The maximum atomic E-state index is 13.1. The molecule has 0 saturated carbocycles. The maximum absolute atomic E-state index is 13.1. The third kappa shape index (κ3) is 3.65. The Morgan fingerprint density at radius 3 is 2.59 bits per heavy atom. The Kier molecular flexibility index (Phi) is 5.21. The van der Waals surface area contributed by atoms with Gasteiger partial charge in [-0.25, -0.2) is 17.5 Å². The lowest BCUT2D eigenvalue weighted by Crippen LogP contribution is -2.49. The van der Waals surface area contributed by atoms with Gasteiger partial charge in [0.15, 0.2) is 0 Å². The molecule has 0 aromatic heterocycles. The Morgan fingerprint density at radius 1 is 1.41 bits per heavy atom. The zero-order valence-electron chi connectivity index (χ0n) is 11.6. The molecule has 1 aromatic carbocycles. The first-order chi connectivity index (χ1) is 10.3. The van der Waals surface area contributed by atoms with Crippen molar-refractivity contribution in [2.24, 2.45) is 11.1 Å². The smallest absolute Gasteiger partial charge is 0.241 e. The van der Waals surface area contributed by atoms with Crippen LogP contribution in [0.1, 0.15) is 12.8 Å². The van der Waals surface area contributed by atoms with E-state index in [2.05, 4.69) is 20.7 Å². The van der Waals surface area contributed by atoms with Crippen LogP contribution in [0.15, 0.2) is 27.6 Å². The van der Waals surface area contributed by atoms with E-state index in [0.29, 0.717) is 26.1 Å². The number of benzene rings is 1. The highest BCUT2D eigenvalue weighted by Gasteiger charge is 2.39. The summed E-state index contributed by atoms with van der Waals surface area (Å²) < 4.78 is 45.4. The lowest BCUT2D eigenvalue weighted by Gasteiger charge is -2.34. The minimum absolute atomic E-state index is 0.0967. The predicted octanol–water partition coefficient (Wildman–Crippen LogP) is 1.15. The van der Waals surface area contributed by atoms with Crippen LogP contribution < -0.4 is 10.5 Å². The summed E-state index contributed by atoms with van der Waals surface area (Å²) in [5.41, 5.74) is 4.47. The van der Waals surface area contributed by atoms with Crippen molar-refractivity contribution in [2.75, 3.05) is 19.8 Å². The summed E-state index contributed by atoms with van der Waals surface area (Å²) in [4.78, 5) is 11.6. The highest BCUT2D eigenvalue weighted by atomic mass is 79.9. The number of carbonyl (C=O) groups is 1. The van der Waals surface area contributed by atoms with Gasteiger partial charge in [0.05, 0.1) is 10.3 Å². The SMILES string of the molecule is NC(=O)C1(CNS(=O)(=O)c2ccc(F)cc2Br)CCOCC1. The van der Waals surface area contributed by atoms with Crippen molar-refractivity contribution in [3.63, 3.8) is 0 Å². The zero-order valence-corrected chi connectivity index (χ0v) is 14.0. The summed E-state index contributed by atoms with van der Waals surface area (Å²) >= 11 is 3.02. The van der Waals surface area contributed by atoms with Gasteiger partial charge < -0.3 is 10.5 Å². The van der Waals surface area contributed by atoms with Crippen molar-refractivity contribution < 1.29 is 22.3 Å². The molecule has 1 fully saturated rings. The van der Waals surface area contributed by atoms with Crippen LogP contribution >= 0.6 is 15.9 Å². The summed E-state index contributed by atoms with van der Waals surface area (Å²) in [5, 5.41) is 0. The highest BCUT2D eigenvalue weighted by molar-refractivity contribution is 9.10. The molecular formula is C13H16BrFN2O4S. The first-order valence-electron chi connectivity index (χ1n) is 6.59. The second-order valence-electron chi connectivity index (χ2n) is 5.16. The quantitative estimate of drug-likeness (QED) is 0.782. The molecule has 1 aromatic rings. The Labute approximate surface area is 136 Å². The number of hydrogen-bond acceptors (Lipinski definition) is 4. The monoisotopic (exact) mass is 394 g/mol. The van der Waals surface area contributed by atoms with E-state index in [0.717, 1.165) is 18.2 Å². The molecule has 1 aliphatic rings. The molecule has 0 radical (unpaired) electrons. The fourth-order valence-electron chi connectivity index (χ4n) is 2.28. The molecule has 1 saturated heterocycles. The highest BCUT2D eigenvalue weighted by Crippen LogP contribution is 2.30. The molecule has 1 aliphatic heterocycles. The zero-order chi connectivity index (χ0) is 16.4. The Hall–Kier alpha value is -1.03. The number of sulfonamides is 1. The van der Waals surface area contributed by atoms with E-state index in [1.165, 1.54) is 0 Å². The fourth-order valence-corrected chi connectivity index (χ4v) is 4.45. The van der Waals surface area contributed by atoms with E-state index >= 15 is 0 Å². The van der Waals surface area contributed by atoms with Crippen LogP contribution in [0.5, 0.6) is 0 Å². The minimum atomic E-state index is -3.89. The molecule has 0 aliphatic carbocycles. The number of nitrogens with one attached hydrogen (secondary N) is 1. The first kappa shape index (κ1) is 17.3. The number of rotatable bonds is 5. The number of hydrogen-bond donors (Lipinski definition) is 2. The Bertz CT molecular complexity index is 675. The van der Waals surface area contributed by atoms with Gasteiger partial charge in [-0.3, -0.25) is 4.79 Å². The van der Waals surface area contributed by atoms with Gasteiger partial charge in [0, 0.05) is 24.2 Å². The van der Waals surface area contributed by atoms with Gasteiger partial charge in [-0.05, 0) is 47.0 Å². The summed E-state index contributed by atoms with van der Waals surface area (Å²) in [6, 6.07) is 3.27. The van der Waals surface area contributed by atoms with Crippen molar-refractivity contribution in [2.45, 2.75) is 17.7 Å². The van der Waals surface area contributed by atoms with Gasteiger partial charge in [-0.15, -0.1) is 0 Å². The third-order valence-corrected chi connectivity index (χ3v) is 6.13. The minimum Gasteiger partial charge on any atom is -0.381 e. The molecule has 1 heterocycles. The van der Waals surface area contributed by atoms with Gasteiger partial charge in [-0.2, -0.15) is 0 Å². The summed E-state index contributed by atoms with van der Waals surface area (Å²) in [5.74, 6) is -1.11. The van der Waals surface area contributed by atoms with Gasteiger partial charge in [0.25, 0.3) is 0 Å². The molecule has 3 N–H and O–H groups in total. The number of ether oxygens (including phenoxy) is 1. The molecule has 122 valence electrons. The molecular weight excluding hydrogens is 379 g/mol. The van der Waals surface area contributed by atoms with Crippen molar-refractivity contribution in [3.8, 4) is 0 Å². The average molecular weight is 395 g/mol. The topological polar surface area (TPSA) is 98.5 Å². The van der Waals surface area contributed by atoms with E-state index in [9.17, 15) is 17.6 Å². The van der Waals surface area contributed by atoms with Crippen LogP contribution in [-0.2, 0) is 19.6 Å². The molecule has 0 spiro atoms. The third-order valence-electron chi connectivity index (χ3n) is 3.76.